The zero-order valence-electron chi connectivity index (χ0n) is 19.7. The third-order valence-corrected chi connectivity index (χ3v) is 6.34. The van der Waals surface area contributed by atoms with Crippen molar-refractivity contribution in [2.24, 2.45) is 38.1 Å². The Hall–Kier alpha value is -1.59. The standard InChI is InChI=1S/C23H39N3O3/c1-13(2)16-11-27-20(24-16)23(9,21-25-17(12-28-21)14(3)4)10-18-26-19(15(5)6)22(7,8)29-18/h13-17,19H,10-12H2,1-9H3/t16-,17-,19+/m1/s1. The number of aliphatic imine (C=N–C) groups is 3. The normalized spacial score (nSPS) is 29.0. The zero-order valence-corrected chi connectivity index (χ0v) is 19.7. The summed E-state index contributed by atoms with van der Waals surface area (Å²) in [6.07, 6.45) is 0.549. The maximum absolute atomic E-state index is 6.32. The second-order valence-corrected chi connectivity index (χ2v) is 10.5. The Morgan fingerprint density at radius 2 is 1.34 bits per heavy atom. The first-order valence-corrected chi connectivity index (χ1v) is 11.1. The Bertz CT molecular complexity index is 672. The number of ether oxygens (including phenoxy) is 3. The largest absolute Gasteiger partial charge is 0.478 e. The van der Waals surface area contributed by atoms with Gasteiger partial charge in [-0.1, -0.05) is 41.5 Å². The molecule has 3 aliphatic heterocycles. The summed E-state index contributed by atoms with van der Waals surface area (Å²) < 4.78 is 18.5. The molecule has 0 spiro atoms. The molecule has 0 saturated carbocycles. The van der Waals surface area contributed by atoms with Crippen molar-refractivity contribution in [3.8, 4) is 0 Å². The van der Waals surface area contributed by atoms with Crippen LogP contribution in [0.5, 0.6) is 0 Å². The topological polar surface area (TPSA) is 64.8 Å². The van der Waals surface area contributed by atoms with Crippen LogP contribution in [-0.4, -0.2) is 54.6 Å². The van der Waals surface area contributed by atoms with Crippen molar-refractivity contribution < 1.29 is 14.2 Å². The zero-order chi connectivity index (χ0) is 21.6. The Morgan fingerprint density at radius 3 is 1.69 bits per heavy atom. The van der Waals surface area contributed by atoms with Gasteiger partial charge >= 0.3 is 0 Å². The predicted octanol–water partition coefficient (Wildman–Crippen LogP) is 4.52. The van der Waals surface area contributed by atoms with Crippen LogP contribution in [0.1, 0.15) is 68.7 Å². The van der Waals surface area contributed by atoms with Gasteiger partial charge in [0.05, 0.1) is 18.1 Å². The summed E-state index contributed by atoms with van der Waals surface area (Å²) in [4.78, 5) is 14.8. The van der Waals surface area contributed by atoms with Gasteiger partial charge in [-0.2, -0.15) is 0 Å². The third kappa shape index (κ3) is 4.31. The van der Waals surface area contributed by atoms with Gasteiger partial charge in [0.25, 0.3) is 0 Å². The van der Waals surface area contributed by atoms with E-state index in [4.69, 9.17) is 29.2 Å². The molecule has 0 saturated heterocycles. The number of hydrogen-bond donors (Lipinski definition) is 0. The van der Waals surface area contributed by atoms with Gasteiger partial charge in [0.1, 0.15) is 24.2 Å². The first-order chi connectivity index (χ1) is 13.4. The summed E-state index contributed by atoms with van der Waals surface area (Å²) >= 11 is 0. The summed E-state index contributed by atoms with van der Waals surface area (Å²) in [5, 5.41) is 0. The van der Waals surface area contributed by atoms with E-state index in [0.29, 0.717) is 49.2 Å². The van der Waals surface area contributed by atoms with Crippen LogP contribution in [0.15, 0.2) is 15.0 Å². The molecule has 0 radical (unpaired) electrons. The number of nitrogens with zero attached hydrogens (tertiary/aromatic N) is 3. The van der Waals surface area contributed by atoms with Crippen molar-refractivity contribution in [2.75, 3.05) is 13.2 Å². The number of rotatable bonds is 7. The van der Waals surface area contributed by atoms with E-state index in [1.807, 2.05) is 0 Å². The highest BCUT2D eigenvalue weighted by Gasteiger charge is 2.49. The Balaban J connectivity index is 1.94. The van der Waals surface area contributed by atoms with Gasteiger partial charge in [-0.25, -0.2) is 15.0 Å². The maximum atomic E-state index is 6.32. The van der Waals surface area contributed by atoms with Gasteiger partial charge in [0.15, 0.2) is 17.7 Å². The fraction of sp³-hybridized carbons (Fsp3) is 0.870. The third-order valence-electron chi connectivity index (χ3n) is 6.34. The Labute approximate surface area is 176 Å². The van der Waals surface area contributed by atoms with E-state index in [0.717, 1.165) is 5.90 Å². The first-order valence-electron chi connectivity index (χ1n) is 11.1. The van der Waals surface area contributed by atoms with E-state index in [1.165, 1.54) is 0 Å². The van der Waals surface area contributed by atoms with Crippen molar-refractivity contribution in [2.45, 2.75) is 92.5 Å². The minimum Gasteiger partial charge on any atom is -0.478 e. The van der Waals surface area contributed by atoms with E-state index >= 15 is 0 Å². The molecular weight excluding hydrogens is 366 g/mol. The first kappa shape index (κ1) is 22.1. The van der Waals surface area contributed by atoms with E-state index in [-0.39, 0.29) is 23.7 Å². The average molecular weight is 406 g/mol. The van der Waals surface area contributed by atoms with E-state index in [2.05, 4.69) is 62.3 Å². The molecule has 3 aliphatic rings. The Kier molecular flexibility index (Phi) is 6.03. The molecule has 164 valence electrons. The van der Waals surface area contributed by atoms with Gasteiger partial charge in [0, 0.05) is 6.42 Å². The summed E-state index contributed by atoms with van der Waals surface area (Å²) in [5.74, 6) is 3.42. The highest BCUT2D eigenvalue weighted by Crippen LogP contribution is 2.39. The van der Waals surface area contributed by atoms with Crippen molar-refractivity contribution in [1.82, 2.24) is 0 Å². The van der Waals surface area contributed by atoms with Crippen LogP contribution < -0.4 is 0 Å². The molecule has 0 bridgehead atoms. The van der Waals surface area contributed by atoms with Crippen LogP contribution in [0, 0.1) is 23.2 Å². The summed E-state index contributed by atoms with van der Waals surface area (Å²) in [5.41, 5.74) is -0.921. The van der Waals surface area contributed by atoms with Crippen molar-refractivity contribution >= 4 is 17.7 Å². The Morgan fingerprint density at radius 1 is 0.862 bits per heavy atom. The van der Waals surface area contributed by atoms with Gasteiger partial charge in [-0.15, -0.1) is 0 Å². The van der Waals surface area contributed by atoms with Crippen molar-refractivity contribution in [3.05, 3.63) is 0 Å². The molecule has 3 rings (SSSR count). The lowest BCUT2D eigenvalue weighted by Crippen LogP contribution is -2.40. The highest BCUT2D eigenvalue weighted by molar-refractivity contribution is 6.08. The van der Waals surface area contributed by atoms with Crippen LogP contribution in [0.2, 0.25) is 0 Å². The van der Waals surface area contributed by atoms with Crippen LogP contribution in [0.4, 0.5) is 0 Å². The lowest BCUT2D eigenvalue weighted by molar-refractivity contribution is 0.0765. The molecule has 3 heterocycles. The molecule has 0 amide bonds. The van der Waals surface area contributed by atoms with Gasteiger partial charge < -0.3 is 14.2 Å². The molecular formula is C23H39N3O3. The average Bonchev–Trinajstić information content (AvgIpc) is 3.32. The number of hydrogen-bond acceptors (Lipinski definition) is 6. The summed E-state index contributed by atoms with van der Waals surface area (Å²) in [6, 6.07) is 0.462. The molecule has 0 aliphatic carbocycles. The van der Waals surface area contributed by atoms with Crippen LogP contribution in [0.25, 0.3) is 0 Å². The van der Waals surface area contributed by atoms with Gasteiger partial charge in [0.2, 0.25) is 0 Å². The molecule has 6 nitrogen and oxygen atoms in total. The molecule has 0 unspecified atom stereocenters. The minimum absolute atomic E-state index is 0.131. The van der Waals surface area contributed by atoms with Crippen molar-refractivity contribution in [1.29, 1.82) is 0 Å². The molecule has 0 aromatic carbocycles. The van der Waals surface area contributed by atoms with Gasteiger partial charge in [-0.3, -0.25) is 0 Å². The molecule has 0 fully saturated rings. The lowest BCUT2D eigenvalue weighted by atomic mass is 9.85. The quantitative estimate of drug-likeness (QED) is 0.625. The summed E-state index contributed by atoms with van der Waals surface area (Å²) in [6.45, 7) is 20.6. The predicted molar refractivity (Wildman–Crippen MR) is 118 cm³/mol. The molecule has 3 atom stereocenters. The lowest BCUT2D eigenvalue weighted by Gasteiger charge is -2.30. The second kappa shape index (κ2) is 7.92. The smallest absolute Gasteiger partial charge is 0.199 e. The molecule has 0 aromatic heterocycles. The van der Waals surface area contributed by atoms with Crippen LogP contribution >= 0.6 is 0 Å². The van der Waals surface area contributed by atoms with E-state index in [9.17, 15) is 0 Å². The minimum atomic E-state index is -0.603. The molecule has 0 N–H and O–H groups in total. The molecule has 29 heavy (non-hydrogen) atoms. The summed E-state index contributed by atoms with van der Waals surface area (Å²) in [7, 11) is 0. The second-order valence-electron chi connectivity index (χ2n) is 10.5. The SMILES string of the molecule is CC(C)[C@H]1COC(C(C)(CC2=N[C@@H](C(C)C)C(C)(C)O2)C2=N[C@@H](C(C)C)CO2)=N1. The molecule has 0 aromatic rings. The maximum Gasteiger partial charge on any atom is 0.199 e. The monoisotopic (exact) mass is 405 g/mol. The fourth-order valence-electron chi connectivity index (χ4n) is 4.35. The highest BCUT2D eigenvalue weighted by atomic mass is 16.5. The van der Waals surface area contributed by atoms with Crippen LogP contribution in [0.3, 0.4) is 0 Å². The van der Waals surface area contributed by atoms with E-state index < -0.39 is 5.41 Å². The fourth-order valence-corrected chi connectivity index (χ4v) is 4.35. The van der Waals surface area contributed by atoms with Crippen molar-refractivity contribution in [3.63, 3.8) is 0 Å². The van der Waals surface area contributed by atoms with Gasteiger partial charge in [-0.05, 0) is 38.5 Å². The van der Waals surface area contributed by atoms with Crippen LogP contribution in [-0.2, 0) is 14.2 Å². The van der Waals surface area contributed by atoms with E-state index in [1.54, 1.807) is 0 Å². The molecule has 6 heteroatoms.